The van der Waals surface area contributed by atoms with Gasteiger partial charge in [0.05, 0.1) is 4.90 Å². The Bertz CT molecular complexity index is 1120. The Morgan fingerprint density at radius 1 is 0.829 bits per heavy atom. The van der Waals surface area contributed by atoms with Gasteiger partial charge in [-0.3, -0.25) is 4.90 Å². The zero-order chi connectivity index (χ0) is 24.4. The van der Waals surface area contributed by atoms with Crippen molar-refractivity contribution >= 4 is 21.9 Å². The molecular formula is C25H33N5O4S. The Labute approximate surface area is 207 Å². The Kier molecular flexibility index (Phi) is 6.95. The first-order valence-electron chi connectivity index (χ1n) is 12.5. The summed E-state index contributed by atoms with van der Waals surface area (Å²) in [4.78, 5) is 22.2. The van der Waals surface area contributed by atoms with Crippen molar-refractivity contribution in [2.75, 3.05) is 57.3 Å². The minimum Gasteiger partial charge on any atom is -0.465 e. The molecule has 0 unspecified atom stereocenters. The average molecular weight is 500 g/mol. The van der Waals surface area contributed by atoms with Crippen molar-refractivity contribution in [2.45, 2.75) is 36.6 Å². The van der Waals surface area contributed by atoms with Crippen LogP contribution in [0.3, 0.4) is 0 Å². The van der Waals surface area contributed by atoms with Crippen LogP contribution in [0.4, 0.5) is 10.6 Å². The van der Waals surface area contributed by atoms with Crippen LogP contribution < -0.4 is 4.90 Å². The molecule has 2 aliphatic heterocycles. The maximum atomic E-state index is 13.0. The molecule has 0 spiro atoms. The standard InChI is InChI=1S/C25H33N5O4S/c31-25(32)29-15-17-30(18-16-29)35(33,34)23-8-5-20(6-9-23)21-7-10-24(26-19-21)28-13-11-27(12-14-28)22-3-1-2-4-22/h5-10,19,22H,1-4,11-18H2,(H,31,32). The van der Waals surface area contributed by atoms with Crippen LogP contribution in [0.15, 0.2) is 47.5 Å². The van der Waals surface area contributed by atoms with Gasteiger partial charge in [0, 0.05) is 70.2 Å². The summed E-state index contributed by atoms with van der Waals surface area (Å²) in [5.41, 5.74) is 1.85. The molecule has 1 saturated carbocycles. The number of nitrogens with zero attached hydrogens (tertiary/aromatic N) is 5. The van der Waals surface area contributed by atoms with Crippen LogP contribution >= 0.6 is 0 Å². The summed E-state index contributed by atoms with van der Waals surface area (Å²) in [6.45, 7) is 4.87. The second-order valence-corrected chi connectivity index (χ2v) is 11.5. The van der Waals surface area contributed by atoms with E-state index in [1.165, 1.54) is 34.9 Å². The number of aromatic nitrogens is 1. The van der Waals surface area contributed by atoms with Gasteiger partial charge in [-0.25, -0.2) is 18.2 Å². The molecule has 2 aromatic rings. The molecule has 1 amide bonds. The highest BCUT2D eigenvalue weighted by molar-refractivity contribution is 7.89. The van der Waals surface area contributed by atoms with E-state index >= 15 is 0 Å². The number of pyridine rings is 1. The molecule has 3 heterocycles. The topological polar surface area (TPSA) is 97.3 Å². The molecule has 3 aliphatic rings. The predicted octanol–water partition coefficient (Wildman–Crippen LogP) is 2.80. The number of carboxylic acid groups (broad SMARTS) is 1. The summed E-state index contributed by atoms with van der Waals surface area (Å²) in [5, 5.41) is 9.07. The summed E-state index contributed by atoms with van der Waals surface area (Å²) in [6, 6.07) is 11.7. The molecule has 9 nitrogen and oxygen atoms in total. The molecule has 1 aromatic heterocycles. The number of amides is 1. The maximum absolute atomic E-state index is 13.0. The number of piperazine rings is 2. The van der Waals surface area contributed by atoms with Gasteiger partial charge in [0.15, 0.2) is 0 Å². The van der Waals surface area contributed by atoms with E-state index in [9.17, 15) is 13.2 Å². The van der Waals surface area contributed by atoms with Crippen LogP contribution in [0.25, 0.3) is 11.1 Å². The number of hydrogen-bond donors (Lipinski definition) is 1. The highest BCUT2D eigenvalue weighted by Crippen LogP contribution is 2.27. The van der Waals surface area contributed by atoms with Crippen molar-refractivity contribution in [2.24, 2.45) is 0 Å². The fraction of sp³-hybridized carbons (Fsp3) is 0.520. The van der Waals surface area contributed by atoms with E-state index in [-0.39, 0.29) is 31.1 Å². The first kappa shape index (κ1) is 24.0. The largest absolute Gasteiger partial charge is 0.465 e. The second kappa shape index (κ2) is 10.1. The van der Waals surface area contributed by atoms with Gasteiger partial charge in [0.25, 0.3) is 0 Å². The van der Waals surface area contributed by atoms with Gasteiger partial charge in [-0.15, -0.1) is 0 Å². The normalized spacial score (nSPS) is 20.9. The van der Waals surface area contributed by atoms with E-state index in [1.807, 2.05) is 18.3 Å². The Balaban J connectivity index is 1.20. The highest BCUT2D eigenvalue weighted by atomic mass is 32.2. The summed E-state index contributed by atoms with van der Waals surface area (Å²) >= 11 is 0. The molecule has 35 heavy (non-hydrogen) atoms. The molecule has 1 aliphatic carbocycles. The van der Waals surface area contributed by atoms with Crippen molar-refractivity contribution in [3.8, 4) is 11.1 Å². The Morgan fingerprint density at radius 3 is 2.03 bits per heavy atom. The number of sulfonamides is 1. The lowest BCUT2D eigenvalue weighted by molar-refractivity contribution is 0.126. The van der Waals surface area contributed by atoms with Crippen molar-refractivity contribution in [3.05, 3.63) is 42.6 Å². The van der Waals surface area contributed by atoms with Crippen molar-refractivity contribution in [1.82, 2.24) is 19.1 Å². The van der Waals surface area contributed by atoms with Gasteiger partial charge < -0.3 is 14.9 Å². The first-order valence-corrected chi connectivity index (χ1v) is 13.9. The van der Waals surface area contributed by atoms with Crippen molar-refractivity contribution < 1.29 is 18.3 Å². The van der Waals surface area contributed by atoms with Gasteiger partial charge in [0.2, 0.25) is 10.0 Å². The van der Waals surface area contributed by atoms with Crippen molar-refractivity contribution in [3.63, 3.8) is 0 Å². The molecular weight excluding hydrogens is 466 g/mol. The van der Waals surface area contributed by atoms with E-state index in [0.29, 0.717) is 0 Å². The maximum Gasteiger partial charge on any atom is 0.407 e. The van der Waals surface area contributed by atoms with E-state index in [2.05, 4.69) is 9.80 Å². The molecule has 10 heteroatoms. The van der Waals surface area contributed by atoms with Gasteiger partial charge >= 0.3 is 6.09 Å². The van der Waals surface area contributed by atoms with Crippen LogP contribution in [0.5, 0.6) is 0 Å². The van der Waals surface area contributed by atoms with Gasteiger partial charge in [-0.2, -0.15) is 4.31 Å². The third-order valence-corrected chi connectivity index (χ3v) is 9.47. The van der Waals surface area contributed by atoms with Crippen LogP contribution in [-0.4, -0.2) is 97.1 Å². The molecule has 2 saturated heterocycles. The number of hydrogen-bond acceptors (Lipinski definition) is 6. The molecule has 0 atom stereocenters. The average Bonchev–Trinajstić information content (AvgIpc) is 3.44. The van der Waals surface area contributed by atoms with E-state index < -0.39 is 16.1 Å². The first-order chi connectivity index (χ1) is 16.9. The zero-order valence-electron chi connectivity index (χ0n) is 19.9. The number of benzene rings is 1. The van der Waals surface area contributed by atoms with Crippen LogP contribution in [0.2, 0.25) is 0 Å². The Hall–Kier alpha value is -2.69. The lowest BCUT2D eigenvalue weighted by Crippen LogP contribution is -2.50. The molecule has 188 valence electrons. The molecule has 5 rings (SSSR count). The fourth-order valence-corrected chi connectivity index (χ4v) is 6.84. The van der Waals surface area contributed by atoms with E-state index in [4.69, 9.17) is 10.1 Å². The molecule has 0 radical (unpaired) electrons. The van der Waals surface area contributed by atoms with E-state index in [1.54, 1.807) is 24.3 Å². The number of carbonyl (C=O) groups is 1. The second-order valence-electron chi connectivity index (χ2n) is 9.56. The van der Waals surface area contributed by atoms with Gasteiger partial charge in [-0.1, -0.05) is 25.0 Å². The quantitative estimate of drug-likeness (QED) is 0.676. The number of rotatable bonds is 5. The zero-order valence-corrected chi connectivity index (χ0v) is 20.7. The molecule has 3 fully saturated rings. The SMILES string of the molecule is O=C(O)N1CCN(S(=O)(=O)c2ccc(-c3ccc(N4CCN(C5CCCC5)CC4)nc3)cc2)CC1. The summed E-state index contributed by atoms with van der Waals surface area (Å²) in [6.07, 6.45) is 6.25. The lowest BCUT2D eigenvalue weighted by Gasteiger charge is -2.38. The summed E-state index contributed by atoms with van der Waals surface area (Å²) in [7, 11) is -3.65. The van der Waals surface area contributed by atoms with Crippen LogP contribution in [0, 0.1) is 0 Å². The minimum atomic E-state index is -3.65. The fourth-order valence-electron chi connectivity index (χ4n) is 5.42. The van der Waals surface area contributed by atoms with Crippen LogP contribution in [-0.2, 0) is 10.0 Å². The predicted molar refractivity (Wildman–Crippen MR) is 134 cm³/mol. The molecule has 1 N–H and O–H groups in total. The number of anilines is 1. The molecule has 0 bridgehead atoms. The third-order valence-electron chi connectivity index (χ3n) is 7.56. The monoisotopic (exact) mass is 499 g/mol. The third kappa shape index (κ3) is 5.14. The molecule has 1 aromatic carbocycles. The lowest BCUT2D eigenvalue weighted by atomic mass is 10.1. The van der Waals surface area contributed by atoms with E-state index in [0.717, 1.165) is 49.2 Å². The minimum absolute atomic E-state index is 0.163. The van der Waals surface area contributed by atoms with Gasteiger partial charge in [0.1, 0.15) is 5.82 Å². The van der Waals surface area contributed by atoms with Crippen molar-refractivity contribution in [1.29, 1.82) is 0 Å². The summed E-state index contributed by atoms with van der Waals surface area (Å²) < 4.78 is 27.3. The van der Waals surface area contributed by atoms with Gasteiger partial charge in [-0.05, 0) is 42.7 Å². The highest BCUT2D eigenvalue weighted by Gasteiger charge is 2.30. The Morgan fingerprint density at radius 2 is 1.46 bits per heavy atom. The summed E-state index contributed by atoms with van der Waals surface area (Å²) in [5.74, 6) is 0.986. The van der Waals surface area contributed by atoms with Crippen LogP contribution in [0.1, 0.15) is 25.7 Å². The smallest absolute Gasteiger partial charge is 0.407 e.